The van der Waals surface area contributed by atoms with Crippen molar-refractivity contribution in [3.8, 4) is 0 Å². The predicted molar refractivity (Wildman–Crippen MR) is 101 cm³/mol. The minimum Gasteiger partial charge on any atom is -0.345 e. The van der Waals surface area contributed by atoms with Gasteiger partial charge in [-0.1, -0.05) is 0 Å². The van der Waals surface area contributed by atoms with E-state index < -0.39 is 23.5 Å². The van der Waals surface area contributed by atoms with Crippen molar-refractivity contribution in [2.45, 2.75) is 5.79 Å². The van der Waals surface area contributed by atoms with E-state index in [0.29, 0.717) is 18.2 Å². The molecule has 30 heavy (non-hydrogen) atoms. The van der Waals surface area contributed by atoms with Gasteiger partial charge in [0.1, 0.15) is 11.6 Å². The van der Waals surface area contributed by atoms with Gasteiger partial charge in [0, 0.05) is 32.4 Å². The molecular formula is C19H21F2N5O4. The fourth-order valence-electron chi connectivity index (χ4n) is 3.54. The SMILES string of the molecule is Cn1cc(C(=O)N2CCOC3(CN(C(=O)Nc4ccc(F)cc4F)CCO3)C2)cn1. The second-order valence-electron chi connectivity index (χ2n) is 7.21. The number of rotatable bonds is 2. The summed E-state index contributed by atoms with van der Waals surface area (Å²) in [5.74, 6) is -2.98. The zero-order valence-corrected chi connectivity index (χ0v) is 16.3. The third-order valence-corrected chi connectivity index (χ3v) is 5.02. The number of hydrogen-bond donors (Lipinski definition) is 1. The molecule has 1 unspecified atom stereocenters. The molecule has 4 rings (SSSR count). The number of nitrogens with one attached hydrogen (secondary N) is 1. The maximum Gasteiger partial charge on any atom is 0.322 e. The van der Waals surface area contributed by atoms with E-state index in [4.69, 9.17) is 9.47 Å². The topological polar surface area (TPSA) is 88.9 Å². The van der Waals surface area contributed by atoms with Crippen LogP contribution in [0.4, 0.5) is 19.3 Å². The van der Waals surface area contributed by atoms with Crippen LogP contribution in [-0.4, -0.2) is 76.7 Å². The van der Waals surface area contributed by atoms with E-state index in [9.17, 15) is 18.4 Å². The number of amides is 3. The summed E-state index contributed by atoms with van der Waals surface area (Å²) < 4.78 is 40.1. The van der Waals surface area contributed by atoms with Crippen LogP contribution in [0, 0.1) is 11.6 Å². The van der Waals surface area contributed by atoms with Crippen LogP contribution in [0.2, 0.25) is 0 Å². The molecule has 3 heterocycles. The van der Waals surface area contributed by atoms with Crippen molar-refractivity contribution in [1.82, 2.24) is 19.6 Å². The Morgan fingerprint density at radius 3 is 2.50 bits per heavy atom. The molecule has 0 saturated carbocycles. The smallest absolute Gasteiger partial charge is 0.322 e. The van der Waals surface area contributed by atoms with Gasteiger partial charge in [0.15, 0.2) is 0 Å². The molecule has 160 valence electrons. The van der Waals surface area contributed by atoms with Gasteiger partial charge in [-0.15, -0.1) is 0 Å². The van der Waals surface area contributed by atoms with Crippen LogP contribution in [0.25, 0.3) is 0 Å². The van der Waals surface area contributed by atoms with Crippen molar-refractivity contribution >= 4 is 17.6 Å². The molecule has 1 spiro atoms. The summed E-state index contributed by atoms with van der Waals surface area (Å²) >= 11 is 0. The second kappa shape index (κ2) is 8.00. The van der Waals surface area contributed by atoms with E-state index in [-0.39, 0.29) is 44.4 Å². The first-order valence-corrected chi connectivity index (χ1v) is 9.42. The van der Waals surface area contributed by atoms with Gasteiger partial charge in [-0.25, -0.2) is 13.6 Å². The zero-order valence-electron chi connectivity index (χ0n) is 16.3. The first kappa shape index (κ1) is 20.2. The number of aromatic nitrogens is 2. The minimum atomic E-state index is -1.17. The van der Waals surface area contributed by atoms with Crippen LogP contribution in [0.5, 0.6) is 0 Å². The molecule has 1 aromatic heterocycles. The molecule has 2 aliphatic rings. The number of ether oxygens (including phenoxy) is 2. The molecule has 1 N–H and O–H groups in total. The summed E-state index contributed by atoms with van der Waals surface area (Å²) in [4.78, 5) is 28.4. The zero-order chi connectivity index (χ0) is 21.3. The summed E-state index contributed by atoms with van der Waals surface area (Å²) in [5.41, 5.74) is 0.326. The van der Waals surface area contributed by atoms with E-state index in [0.717, 1.165) is 12.1 Å². The Balaban J connectivity index is 1.44. The van der Waals surface area contributed by atoms with Crippen molar-refractivity contribution < 1.29 is 27.8 Å². The standard InChI is InChI=1S/C19H21F2N5O4/c1-24-10-13(9-22-24)17(27)25-4-6-29-19(11-25)12-26(5-7-30-19)18(28)23-16-3-2-14(20)8-15(16)21/h2-3,8-10H,4-7,11-12H2,1H3,(H,23,28). The lowest BCUT2D eigenvalue weighted by Gasteiger charge is -2.47. The normalized spacial score (nSPS) is 21.7. The number of hydrogen-bond acceptors (Lipinski definition) is 5. The molecule has 2 aromatic rings. The highest BCUT2D eigenvalue weighted by Crippen LogP contribution is 2.26. The largest absolute Gasteiger partial charge is 0.345 e. The highest BCUT2D eigenvalue weighted by atomic mass is 19.1. The van der Waals surface area contributed by atoms with Crippen LogP contribution < -0.4 is 5.32 Å². The van der Waals surface area contributed by atoms with Crippen LogP contribution in [0.15, 0.2) is 30.6 Å². The molecule has 0 aliphatic carbocycles. The molecule has 2 fully saturated rings. The number of carbonyl (C=O) groups excluding carboxylic acids is 2. The Labute approximate surface area is 171 Å². The van der Waals surface area contributed by atoms with Crippen LogP contribution in [0.1, 0.15) is 10.4 Å². The lowest BCUT2D eigenvalue weighted by Crippen LogP contribution is -2.64. The molecule has 3 amide bonds. The lowest BCUT2D eigenvalue weighted by molar-refractivity contribution is -0.281. The Morgan fingerprint density at radius 2 is 1.83 bits per heavy atom. The number of morpholine rings is 2. The van der Waals surface area contributed by atoms with Gasteiger partial charge >= 0.3 is 6.03 Å². The number of halogens is 2. The summed E-state index contributed by atoms with van der Waals surface area (Å²) in [6, 6.07) is 2.35. The van der Waals surface area contributed by atoms with Crippen LogP contribution in [-0.2, 0) is 16.5 Å². The van der Waals surface area contributed by atoms with Crippen molar-refractivity contribution in [3.63, 3.8) is 0 Å². The van der Waals surface area contributed by atoms with Gasteiger partial charge in [-0.05, 0) is 12.1 Å². The van der Waals surface area contributed by atoms with E-state index in [1.165, 1.54) is 11.1 Å². The molecular weight excluding hydrogens is 400 g/mol. The number of benzene rings is 1. The summed E-state index contributed by atoms with van der Waals surface area (Å²) in [6.07, 6.45) is 3.12. The molecule has 2 aliphatic heterocycles. The van der Waals surface area contributed by atoms with Crippen molar-refractivity contribution in [3.05, 3.63) is 47.8 Å². The molecule has 2 saturated heterocycles. The van der Waals surface area contributed by atoms with E-state index in [1.54, 1.807) is 22.8 Å². The van der Waals surface area contributed by atoms with Crippen LogP contribution in [0.3, 0.4) is 0 Å². The number of anilines is 1. The molecule has 11 heteroatoms. The maximum atomic E-state index is 13.9. The van der Waals surface area contributed by atoms with Gasteiger partial charge in [0.25, 0.3) is 5.91 Å². The van der Waals surface area contributed by atoms with Gasteiger partial charge in [0.2, 0.25) is 5.79 Å². The molecule has 0 bridgehead atoms. The third-order valence-electron chi connectivity index (χ3n) is 5.02. The first-order chi connectivity index (χ1) is 14.3. The van der Waals surface area contributed by atoms with Gasteiger partial charge in [0.05, 0.1) is 43.8 Å². The van der Waals surface area contributed by atoms with E-state index in [2.05, 4.69) is 10.4 Å². The van der Waals surface area contributed by atoms with Gasteiger partial charge < -0.3 is 24.6 Å². The molecule has 1 aromatic carbocycles. The Kier molecular flexibility index (Phi) is 5.39. The van der Waals surface area contributed by atoms with Gasteiger partial charge in [-0.3, -0.25) is 9.48 Å². The Hall–Kier alpha value is -3.05. The third kappa shape index (κ3) is 4.12. The first-order valence-electron chi connectivity index (χ1n) is 9.42. The molecule has 1 atom stereocenters. The minimum absolute atomic E-state index is 0.0540. The van der Waals surface area contributed by atoms with Gasteiger partial charge in [-0.2, -0.15) is 5.10 Å². The predicted octanol–water partition coefficient (Wildman–Crippen LogP) is 1.43. The number of aryl methyl sites for hydroxylation is 1. The number of nitrogens with zero attached hydrogens (tertiary/aromatic N) is 4. The average molecular weight is 421 g/mol. The van der Waals surface area contributed by atoms with Crippen molar-refractivity contribution in [1.29, 1.82) is 0 Å². The van der Waals surface area contributed by atoms with Crippen molar-refractivity contribution in [2.24, 2.45) is 7.05 Å². The lowest BCUT2D eigenvalue weighted by atomic mass is 10.1. The Morgan fingerprint density at radius 1 is 1.13 bits per heavy atom. The summed E-state index contributed by atoms with van der Waals surface area (Å²) in [6.45, 7) is 1.26. The molecule has 0 radical (unpaired) electrons. The van der Waals surface area contributed by atoms with Crippen molar-refractivity contribution in [2.75, 3.05) is 44.7 Å². The second-order valence-corrected chi connectivity index (χ2v) is 7.21. The number of urea groups is 1. The number of carbonyl (C=O) groups is 2. The quantitative estimate of drug-likeness (QED) is 0.793. The fourth-order valence-corrected chi connectivity index (χ4v) is 3.54. The maximum absolute atomic E-state index is 13.9. The van der Waals surface area contributed by atoms with Crippen LogP contribution >= 0.6 is 0 Å². The molecule has 9 nitrogen and oxygen atoms in total. The average Bonchev–Trinajstić information content (AvgIpc) is 3.16. The fraction of sp³-hybridized carbons (Fsp3) is 0.421. The summed E-state index contributed by atoms with van der Waals surface area (Å²) in [7, 11) is 1.72. The van der Waals surface area contributed by atoms with E-state index >= 15 is 0 Å². The Bertz CT molecular complexity index is 964. The highest BCUT2D eigenvalue weighted by molar-refractivity contribution is 5.94. The van der Waals surface area contributed by atoms with E-state index in [1.807, 2.05) is 0 Å². The highest BCUT2D eigenvalue weighted by Gasteiger charge is 2.44. The monoisotopic (exact) mass is 421 g/mol. The summed E-state index contributed by atoms with van der Waals surface area (Å²) in [5, 5.41) is 6.45.